The average molecular weight is 392 g/mol. The zero-order valence-corrected chi connectivity index (χ0v) is 16.1. The minimum absolute atomic E-state index is 0.0225. The summed E-state index contributed by atoms with van der Waals surface area (Å²) >= 11 is 3.13. The van der Waals surface area contributed by atoms with Gasteiger partial charge in [-0.05, 0) is 24.3 Å². The molecule has 26 heavy (non-hydrogen) atoms. The van der Waals surface area contributed by atoms with Crippen molar-refractivity contribution < 1.29 is 14.3 Å². The minimum atomic E-state index is -0.0265. The van der Waals surface area contributed by atoms with E-state index < -0.39 is 0 Å². The number of likely N-dealkylation sites (tertiary alicyclic amines) is 1. The van der Waals surface area contributed by atoms with Crippen LogP contribution in [0.1, 0.15) is 23.3 Å². The molecule has 6 nitrogen and oxygen atoms in total. The molecular formula is C18H21N3O3S2. The Morgan fingerprint density at radius 3 is 2.54 bits per heavy atom. The van der Waals surface area contributed by atoms with Crippen molar-refractivity contribution in [1.29, 1.82) is 0 Å². The number of nitrogens with zero attached hydrogens (tertiary/aromatic N) is 3. The zero-order valence-electron chi connectivity index (χ0n) is 14.4. The molecule has 2 saturated heterocycles. The Hall–Kier alpha value is -1.77. The summed E-state index contributed by atoms with van der Waals surface area (Å²) in [5.41, 5.74) is 0.511. The minimum Gasteiger partial charge on any atom is -0.378 e. The molecule has 0 bridgehead atoms. The fraction of sp³-hybridized carbons (Fsp3) is 0.500. The number of ether oxygens (including phenoxy) is 1. The highest BCUT2D eigenvalue weighted by Crippen LogP contribution is 2.29. The van der Waals surface area contributed by atoms with E-state index in [9.17, 15) is 9.59 Å². The van der Waals surface area contributed by atoms with Crippen molar-refractivity contribution >= 4 is 34.5 Å². The average Bonchev–Trinajstić information content (AvgIpc) is 3.39. The first-order valence-corrected chi connectivity index (χ1v) is 10.6. The molecule has 0 atom stereocenters. The number of hydrogen-bond donors (Lipinski definition) is 0. The standard InChI is InChI=1S/C18H21N3O3S2/c22-17(21-7-9-24-10-8-21)13-3-5-20(6-4-13)18(23)14-12-26-16(19-14)15-2-1-11-25-15/h1-2,11-13H,3-10H2. The third-order valence-corrected chi connectivity index (χ3v) is 6.79. The number of rotatable bonds is 3. The highest BCUT2D eigenvalue weighted by atomic mass is 32.1. The second-order valence-corrected chi connectivity index (χ2v) is 8.33. The summed E-state index contributed by atoms with van der Waals surface area (Å²) < 4.78 is 5.31. The highest BCUT2D eigenvalue weighted by Gasteiger charge is 2.31. The molecule has 4 heterocycles. The molecule has 2 amide bonds. The van der Waals surface area contributed by atoms with Crippen molar-refractivity contribution in [2.24, 2.45) is 5.92 Å². The van der Waals surface area contributed by atoms with E-state index in [-0.39, 0.29) is 17.7 Å². The van der Waals surface area contributed by atoms with Crippen molar-refractivity contribution in [3.05, 3.63) is 28.6 Å². The van der Waals surface area contributed by atoms with Gasteiger partial charge in [-0.15, -0.1) is 22.7 Å². The van der Waals surface area contributed by atoms with Crippen molar-refractivity contribution in [2.75, 3.05) is 39.4 Å². The van der Waals surface area contributed by atoms with Gasteiger partial charge in [-0.3, -0.25) is 9.59 Å². The van der Waals surface area contributed by atoms with Crippen molar-refractivity contribution in [3.63, 3.8) is 0 Å². The van der Waals surface area contributed by atoms with Crippen LogP contribution < -0.4 is 0 Å². The number of carbonyl (C=O) groups is 2. The van der Waals surface area contributed by atoms with Crippen LogP contribution in [0.2, 0.25) is 0 Å². The Labute approximate surface area is 160 Å². The molecule has 0 spiro atoms. The van der Waals surface area contributed by atoms with Crippen LogP contribution in [0.5, 0.6) is 0 Å². The van der Waals surface area contributed by atoms with Crippen LogP contribution >= 0.6 is 22.7 Å². The molecule has 2 aromatic rings. The first-order valence-electron chi connectivity index (χ1n) is 8.87. The van der Waals surface area contributed by atoms with Gasteiger partial charge < -0.3 is 14.5 Å². The topological polar surface area (TPSA) is 62.7 Å². The monoisotopic (exact) mass is 391 g/mol. The molecule has 0 aliphatic carbocycles. The Bertz CT molecular complexity index is 761. The number of piperidine rings is 1. The Kier molecular flexibility index (Phi) is 5.33. The molecule has 2 aliphatic rings. The molecule has 0 N–H and O–H groups in total. The molecule has 2 fully saturated rings. The van der Waals surface area contributed by atoms with Gasteiger partial charge in [-0.25, -0.2) is 4.98 Å². The van der Waals surface area contributed by atoms with Gasteiger partial charge in [-0.1, -0.05) is 6.07 Å². The third kappa shape index (κ3) is 3.67. The van der Waals surface area contributed by atoms with E-state index in [1.54, 1.807) is 11.3 Å². The number of aromatic nitrogens is 1. The van der Waals surface area contributed by atoms with Crippen molar-refractivity contribution in [3.8, 4) is 9.88 Å². The van der Waals surface area contributed by atoms with E-state index in [2.05, 4.69) is 4.98 Å². The Morgan fingerprint density at radius 2 is 1.85 bits per heavy atom. The molecule has 8 heteroatoms. The number of carbonyl (C=O) groups excluding carboxylic acids is 2. The van der Waals surface area contributed by atoms with Crippen LogP contribution in [0.4, 0.5) is 0 Å². The zero-order chi connectivity index (χ0) is 17.9. The van der Waals surface area contributed by atoms with Crippen molar-refractivity contribution in [1.82, 2.24) is 14.8 Å². The lowest BCUT2D eigenvalue weighted by atomic mass is 9.95. The van der Waals surface area contributed by atoms with Gasteiger partial charge >= 0.3 is 0 Å². The Balaban J connectivity index is 1.34. The molecule has 0 aromatic carbocycles. The van der Waals surface area contributed by atoms with Gasteiger partial charge in [0.05, 0.1) is 18.1 Å². The van der Waals surface area contributed by atoms with Crippen LogP contribution in [0.25, 0.3) is 9.88 Å². The number of morpholine rings is 1. The predicted octanol–water partition coefficient (Wildman–Crippen LogP) is 2.58. The summed E-state index contributed by atoms with van der Waals surface area (Å²) in [6.07, 6.45) is 1.45. The van der Waals surface area contributed by atoms with Crippen LogP contribution in [0, 0.1) is 5.92 Å². The molecule has 0 unspecified atom stereocenters. The molecule has 0 saturated carbocycles. The van der Waals surface area contributed by atoms with Gasteiger partial charge in [0.15, 0.2) is 0 Å². The number of thiazole rings is 1. The molecule has 2 aliphatic heterocycles. The van der Waals surface area contributed by atoms with E-state index in [1.165, 1.54) is 11.3 Å². The predicted molar refractivity (Wildman–Crippen MR) is 101 cm³/mol. The van der Waals surface area contributed by atoms with Gasteiger partial charge in [0.25, 0.3) is 5.91 Å². The molecule has 2 aromatic heterocycles. The quantitative estimate of drug-likeness (QED) is 0.807. The fourth-order valence-electron chi connectivity index (χ4n) is 3.42. The summed E-state index contributed by atoms with van der Waals surface area (Å²) in [7, 11) is 0. The summed E-state index contributed by atoms with van der Waals surface area (Å²) in [6, 6.07) is 4.00. The largest absolute Gasteiger partial charge is 0.378 e. The second kappa shape index (κ2) is 7.85. The third-order valence-electron chi connectivity index (χ3n) is 4.91. The Morgan fingerprint density at radius 1 is 1.08 bits per heavy atom. The second-order valence-electron chi connectivity index (χ2n) is 6.52. The van der Waals surface area contributed by atoms with E-state index in [1.807, 2.05) is 32.7 Å². The normalized spacial score (nSPS) is 18.9. The summed E-state index contributed by atoms with van der Waals surface area (Å²) in [6.45, 7) is 3.85. The van der Waals surface area contributed by atoms with Gasteiger partial charge in [0.1, 0.15) is 10.7 Å². The maximum atomic E-state index is 12.7. The van der Waals surface area contributed by atoms with Crippen LogP contribution in [0.15, 0.2) is 22.9 Å². The molecule has 0 radical (unpaired) electrons. The van der Waals surface area contributed by atoms with E-state index in [0.717, 1.165) is 22.7 Å². The van der Waals surface area contributed by atoms with Crippen molar-refractivity contribution in [2.45, 2.75) is 12.8 Å². The lowest BCUT2D eigenvalue weighted by molar-refractivity contribution is -0.141. The first kappa shape index (κ1) is 17.6. The lowest BCUT2D eigenvalue weighted by Crippen LogP contribution is -2.47. The SMILES string of the molecule is O=C(c1csc(-c2cccs2)n1)N1CCC(C(=O)N2CCOCC2)CC1. The number of hydrogen-bond acceptors (Lipinski definition) is 6. The fourth-order valence-corrected chi connectivity index (χ4v) is 5.03. The van der Waals surface area contributed by atoms with E-state index >= 15 is 0 Å². The first-order chi connectivity index (χ1) is 12.7. The summed E-state index contributed by atoms with van der Waals surface area (Å²) in [5.74, 6) is 0.213. The summed E-state index contributed by atoms with van der Waals surface area (Å²) in [4.78, 5) is 34.6. The molecule has 138 valence electrons. The molecular weight excluding hydrogens is 370 g/mol. The van der Waals surface area contributed by atoms with Gasteiger partial charge in [-0.2, -0.15) is 0 Å². The smallest absolute Gasteiger partial charge is 0.273 e. The van der Waals surface area contributed by atoms with Crippen LogP contribution in [0.3, 0.4) is 0 Å². The van der Waals surface area contributed by atoms with E-state index in [0.29, 0.717) is 45.1 Å². The maximum Gasteiger partial charge on any atom is 0.273 e. The van der Waals surface area contributed by atoms with Crippen LogP contribution in [-0.4, -0.2) is 66.0 Å². The maximum absolute atomic E-state index is 12.7. The highest BCUT2D eigenvalue weighted by molar-refractivity contribution is 7.20. The van der Waals surface area contributed by atoms with E-state index in [4.69, 9.17) is 4.74 Å². The van der Waals surface area contributed by atoms with Gasteiger partial charge in [0.2, 0.25) is 5.91 Å². The number of amides is 2. The van der Waals surface area contributed by atoms with Crippen LogP contribution in [-0.2, 0) is 9.53 Å². The summed E-state index contributed by atoms with van der Waals surface area (Å²) in [5, 5.41) is 4.73. The molecule has 4 rings (SSSR count). The lowest BCUT2D eigenvalue weighted by Gasteiger charge is -2.35. The number of thiophene rings is 1. The van der Waals surface area contributed by atoms with Gasteiger partial charge in [0, 0.05) is 37.5 Å².